The summed E-state index contributed by atoms with van der Waals surface area (Å²) in [7, 11) is -1.32. The van der Waals surface area contributed by atoms with Gasteiger partial charge in [-0.1, -0.05) is 12.1 Å². The van der Waals surface area contributed by atoms with Gasteiger partial charge in [0.25, 0.3) is 15.9 Å². The van der Waals surface area contributed by atoms with Gasteiger partial charge < -0.3 is 4.90 Å². The van der Waals surface area contributed by atoms with E-state index in [-0.39, 0.29) is 11.6 Å². The third-order valence-electron chi connectivity index (χ3n) is 3.27. The molecule has 0 fully saturated rings. The van der Waals surface area contributed by atoms with Crippen molar-refractivity contribution in [2.75, 3.05) is 18.8 Å². The second-order valence-electron chi connectivity index (χ2n) is 5.38. The maximum Gasteiger partial charge on any atom is 0.417 e. The highest BCUT2D eigenvalue weighted by atomic mass is 32.2. The summed E-state index contributed by atoms with van der Waals surface area (Å²) in [5, 5.41) is 0. The molecule has 0 saturated heterocycles. The number of amides is 1. The lowest BCUT2D eigenvalue weighted by atomic mass is 10.2. The van der Waals surface area contributed by atoms with Crippen molar-refractivity contribution in [2.45, 2.75) is 11.1 Å². The third kappa shape index (κ3) is 4.30. The van der Waals surface area contributed by atoms with E-state index in [4.69, 9.17) is 0 Å². The van der Waals surface area contributed by atoms with Crippen LogP contribution in [0.3, 0.4) is 0 Å². The second-order valence-corrected chi connectivity index (χ2v) is 7.03. The minimum Gasteiger partial charge on any atom is -0.345 e. The van der Waals surface area contributed by atoms with Crippen molar-refractivity contribution >= 4 is 21.6 Å². The Morgan fingerprint density at radius 2 is 1.56 bits per heavy atom. The van der Waals surface area contributed by atoms with Gasteiger partial charge in [-0.15, -0.1) is 0 Å². The van der Waals surface area contributed by atoms with Crippen molar-refractivity contribution in [2.24, 2.45) is 0 Å². The van der Waals surface area contributed by atoms with Gasteiger partial charge in [0, 0.05) is 25.3 Å². The fraction of sp³-hybridized carbons (Fsp3) is 0.188. The van der Waals surface area contributed by atoms with Gasteiger partial charge in [0.15, 0.2) is 0 Å². The molecule has 0 radical (unpaired) electrons. The molecule has 0 saturated carbocycles. The average Bonchev–Trinajstić information content (AvgIpc) is 2.53. The Kier molecular flexibility index (Phi) is 5.07. The first-order valence-corrected chi connectivity index (χ1v) is 8.51. The largest absolute Gasteiger partial charge is 0.417 e. The van der Waals surface area contributed by atoms with Crippen molar-refractivity contribution < 1.29 is 26.4 Å². The fourth-order valence-corrected chi connectivity index (χ4v) is 3.37. The molecule has 1 N–H and O–H groups in total. The van der Waals surface area contributed by atoms with Crippen LogP contribution in [0.4, 0.5) is 18.9 Å². The van der Waals surface area contributed by atoms with Crippen molar-refractivity contribution in [1.29, 1.82) is 0 Å². The lowest BCUT2D eigenvalue weighted by Crippen LogP contribution is -2.21. The standard InChI is InChI=1S/C16H15F3N2O3S/c1-21(2)15(22)11-7-9-12(10-8-11)20-25(23,24)14-6-4-3-5-13(14)16(17,18)19/h3-10,20H,1-2H3. The average molecular weight is 372 g/mol. The molecule has 2 rings (SSSR count). The highest BCUT2D eigenvalue weighted by Crippen LogP contribution is 2.34. The Balaban J connectivity index is 2.33. The van der Waals surface area contributed by atoms with Crippen LogP contribution in [-0.4, -0.2) is 33.3 Å². The van der Waals surface area contributed by atoms with E-state index in [0.717, 1.165) is 12.1 Å². The number of carbonyl (C=O) groups is 1. The summed E-state index contributed by atoms with van der Waals surface area (Å²) in [6.07, 6.45) is -4.80. The molecule has 0 heterocycles. The minimum atomic E-state index is -4.80. The Hall–Kier alpha value is -2.55. The number of rotatable bonds is 4. The fourth-order valence-electron chi connectivity index (χ4n) is 2.08. The molecule has 1 amide bonds. The van der Waals surface area contributed by atoms with Crippen LogP contribution in [0.5, 0.6) is 0 Å². The number of hydrogen-bond donors (Lipinski definition) is 1. The van der Waals surface area contributed by atoms with Crippen LogP contribution in [0, 0.1) is 0 Å². The molecule has 25 heavy (non-hydrogen) atoms. The Bertz CT molecular complexity index is 876. The highest BCUT2D eigenvalue weighted by molar-refractivity contribution is 7.92. The summed E-state index contributed by atoms with van der Waals surface area (Å²) in [6, 6.07) is 9.30. The van der Waals surface area contributed by atoms with Gasteiger partial charge in [-0.2, -0.15) is 13.2 Å². The monoisotopic (exact) mass is 372 g/mol. The molecule has 0 bridgehead atoms. The molecule has 0 aliphatic rings. The first-order chi connectivity index (χ1) is 11.5. The summed E-state index contributed by atoms with van der Waals surface area (Å²) in [5.74, 6) is -0.281. The summed E-state index contributed by atoms with van der Waals surface area (Å²) < 4.78 is 65.7. The summed E-state index contributed by atoms with van der Waals surface area (Å²) in [6.45, 7) is 0. The van der Waals surface area contributed by atoms with E-state index < -0.39 is 26.7 Å². The van der Waals surface area contributed by atoms with Gasteiger partial charge in [0.1, 0.15) is 0 Å². The lowest BCUT2D eigenvalue weighted by Gasteiger charge is -2.15. The van der Waals surface area contributed by atoms with E-state index in [0.29, 0.717) is 11.6 Å². The van der Waals surface area contributed by atoms with Crippen LogP contribution in [0.25, 0.3) is 0 Å². The van der Waals surface area contributed by atoms with E-state index in [2.05, 4.69) is 4.72 Å². The Morgan fingerprint density at radius 1 is 1.00 bits per heavy atom. The normalized spacial score (nSPS) is 11.9. The van der Waals surface area contributed by atoms with Crippen LogP contribution in [-0.2, 0) is 16.2 Å². The van der Waals surface area contributed by atoms with Crippen LogP contribution in [0.1, 0.15) is 15.9 Å². The number of anilines is 1. The first kappa shape index (κ1) is 18.8. The maximum absolute atomic E-state index is 13.0. The van der Waals surface area contributed by atoms with Gasteiger partial charge in [-0.25, -0.2) is 8.42 Å². The summed E-state index contributed by atoms with van der Waals surface area (Å²) in [5.41, 5.74) is -0.877. The van der Waals surface area contributed by atoms with Gasteiger partial charge in [-0.05, 0) is 36.4 Å². The Morgan fingerprint density at radius 3 is 2.08 bits per heavy atom. The zero-order valence-corrected chi connectivity index (χ0v) is 14.1. The Labute approximate surface area is 143 Å². The molecule has 2 aromatic carbocycles. The molecular weight excluding hydrogens is 357 g/mol. The van der Waals surface area contributed by atoms with E-state index in [1.54, 1.807) is 14.1 Å². The predicted molar refractivity (Wildman–Crippen MR) is 86.7 cm³/mol. The molecule has 9 heteroatoms. The lowest BCUT2D eigenvalue weighted by molar-refractivity contribution is -0.139. The second kappa shape index (κ2) is 6.75. The highest BCUT2D eigenvalue weighted by Gasteiger charge is 2.36. The molecule has 0 aromatic heterocycles. The van der Waals surface area contributed by atoms with E-state index in [1.165, 1.54) is 35.2 Å². The van der Waals surface area contributed by atoms with Crippen molar-refractivity contribution in [3.05, 3.63) is 59.7 Å². The third-order valence-corrected chi connectivity index (χ3v) is 4.71. The number of benzene rings is 2. The van der Waals surface area contributed by atoms with Gasteiger partial charge in [0.2, 0.25) is 0 Å². The van der Waals surface area contributed by atoms with Crippen LogP contribution < -0.4 is 4.72 Å². The molecular formula is C16H15F3N2O3S. The van der Waals surface area contributed by atoms with Gasteiger partial charge in [-0.3, -0.25) is 9.52 Å². The maximum atomic E-state index is 13.0. The molecule has 2 aromatic rings. The zero-order valence-electron chi connectivity index (χ0n) is 13.3. The number of carbonyl (C=O) groups excluding carboxylic acids is 1. The zero-order chi connectivity index (χ0) is 18.8. The molecule has 0 aliphatic carbocycles. The SMILES string of the molecule is CN(C)C(=O)c1ccc(NS(=O)(=O)c2ccccc2C(F)(F)F)cc1. The van der Waals surface area contributed by atoms with E-state index in [9.17, 15) is 26.4 Å². The number of nitrogens with one attached hydrogen (secondary N) is 1. The quantitative estimate of drug-likeness (QED) is 0.896. The van der Waals surface area contributed by atoms with Crippen LogP contribution in [0.2, 0.25) is 0 Å². The van der Waals surface area contributed by atoms with Crippen LogP contribution >= 0.6 is 0 Å². The minimum absolute atomic E-state index is 0.0484. The van der Waals surface area contributed by atoms with Gasteiger partial charge >= 0.3 is 6.18 Å². The molecule has 134 valence electrons. The van der Waals surface area contributed by atoms with Crippen molar-refractivity contribution in [1.82, 2.24) is 4.90 Å². The molecule has 0 unspecified atom stereocenters. The molecule has 0 atom stereocenters. The molecule has 0 aliphatic heterocycles. The van der Waals surface area contributed by atoms with Crippen molar-refractivity contribution in [3.63, 3.8) is 0 Å². The topological polar surface area (TPSA) is 66.5 Å². The molecule has 0 spiro atoms. The van der Waals surface area contributed by atoms with Crippen LogP contribution in [0.15, 0.2) is 53.4 Å². The first-order valence-electron chi connectivity index (χ1n) is 7.03. The number of hydrogen-bond acceptors (Lipinski definition) is 3. The smallest absolute Gasteiger partial charge is 0.345 e. The number of alkyl halides is 3. The van der Waals surface area contributed by atoms with Crippen molar-refractivity contribution in [3.8, 4) is 0 Å². The van der Waals surface area contributed by atoms with Gasteiger partial charge in [0.05, 0.1) is 10.5 Å². The number of nitrogens with zero attached hydrogens (tertiary/aromatic N) is 1. The summed E-state index contributed by atoms with van der Waals surface area (Å²) in [4.78, 5) is 12.3. The van der Waals surface area contributed by atoms with E-state index in [1.807, 2.05) is 0 Å². The predicted octanol–water partition coefficient (Wildman–Crippen LogP) is 3.21. The summed E-state index contributed by atoms with van der Waals surface area (Å²) >= 11 is 0. The number of sulfonamides is 1. The van der Waals surface area contributed by atoms with E-state index >= 15 is 0 Å². The molecule has 5 nitrogen and oxygen atoms in total. The number of halogens is 3.